The van der Waals surface area contributed by atoms with E-state index in [0.717, 1.165) is 19.3 Å². The van der Waals surface area contributed by atoms with Gasteiger partial charge in [0, 0.05) is 24.0 Å². The van der Waals surface area contributed by atoms with Crippen molar-refractivity contribution < 1.29 is 9.59 Å². The summed E-state index contributed by atoms with van der Waals surface area (Å²) in [6.07, 6.45) is 2.45. The highest BCUT2D eigenvalue weighted by molar-refractivity contribution is 6.42. The standard InChI is InChI=1S/C24H28Cl4N4O2/c1-23(2)10-16(32-22(34)31-15-5-7-18(26)20(28)9-15)11-24(3,12-23)13-29-21(33)30-14-4-6-17(25)19(27)8-14/h4-9,16H,10-13H2,1-3H3,(H2,29,30,33)(H2,31,32,34)/t16-,24+/m0/s1. The fourth-order valence-electron chi connectivity index (χ4n) is 4.84. The molecule has 0 heterocycles. The minimum Gasteiger partial charge on any atom is -0.337 e. The molecule has 0 aromatic heterocycles. The van der Waals surface area contributed by atoms with Gasteiger partial charge < -0.3 is 21.3 Å². The van der Waals surface area contributed by atoms with Gasteiger partial charge in [-0.15, -0.1) is 0 Å². The lowest BCUT2D eigenvalue weighted by Crippen LogP contribution is -2.51. The number of hydrogen-bond acceptors (Lipinski definition) is 2. The lowest BCUT2D eigenvalue weighted by atomic mass is 9.62. The third-order valence-electron chi connectivity index (χ3n) is 5.81. The maximum Gasteiger partial charge on any atom is 0.319 e. The molecule has 2 atom stereocenters. The van der Waals surface area contributed by atoms with Gasteiger partial charge in [0.1, 0.15) is 0 Å². The molecule has 4 N–H and O–H groups in total. The summed E-state index contributed by atoms with van der Waals surface area (Å²) in [6, 6.07) is 9.15. The van der Waals surface area contributed by atoms with Crippen LogP contribution in [0.1, 0.15) is 40.0 Å². The Bertz CT molecular complexity index is 1080. The molecule has 10 heteroatoms. The van der Waals surface area contributed by atoms with Crippen molar-refractivity contribution in [2.45, 2.75) is 46.1 Å². The van der Waals surface area contributed by atoms with E-state index in [1.807, 2.05) is 0 Å². The zero-order chi connectivity index (χ0) is 25.1. The molecule has 6 nitrogen and oxygen atoms in total. The van der Waals surface area contributed by atoms with Crippen molar-refractivity contribution in [2.75, 3.05) is 17.2 Å². The summed E-state index contributed by atoms with van der Waals surface area (Å²) < 4.78 is 0. The predicted molar refractivity (Wildman–Crippen MR) is 142 cm³/mol. The van der Waals surface area contributed by atoms with Crippen LogP contribution < -0.4 is 21.3 Å². The van der Waals surface area contributed by atoms with Gasteiger partial charge >= 0.3 is 12.1 Å². The molecule has 3 rings (SSSR count). The summed E-state index contributed by atoms with van der Waals surface area (Å²) in [7, 11) is 0. The van der Waals surface area contributed by atoms with Crippen molar-refractivity contribution in [3.8, 4) is 0 Å². The molecular weight excluding hydrogens is 518 g/mol. The van der Waals surface area contributed by atoms with Crippen molar-refractivity contribution in [3.05, 3.63) is 56.5 Å². The van der Waals surface area contributed by atoms with Gasteiger partial charge in [-0.25, -0.2) is 9.59 Å². The molecular formula is C24H28Cl4N4O2. The lowest BCUT2D eigenvalue weighted by Gasteiger charge is -2.46. The summed E-state index contributed by atoms with van der Waals surface area (Å²) in [5.74, 6) is 0. The number of hydrogen-bond donors (Lipinski definition) is 4. The Morgan fingerprint density at radius 1 is 0.824 bits per heavy atom. The van der Waals surface area contributed by atoms with Crippen LogP contribution in [-0.2, 0) is 0 Å². The number of carbonyl (C=O) groups is 2. The van der Waals surface area contributed by atoms with Crippen LogP contribution in [-0.4, -0.2) is 24.6 Å². The Hall–Kier alpha value is -1.86. The molecule has 0 bridgehead atoms. The minimum absolute atomic E-state index is 0.0175. The van der Waals surface area contributed by atoms with E-state index in [1.165, 1.54) is 0 Å². The van der Waals surface area contributed by atoms with Crippen molar-refractivity contribution in [1.29, 1.82) is 0 Å². The van der Waals surface area contributed by atoms with Crippen LogP contribution in [0.25, 0.3) is 0 Å². The average molecular weight is 546 g/mol. The molecule has 0 spiro atoms. The minimum atomic E-state index is -0.329. The van der Waals surface area contributed by atoms with Crippen LogP contribution in [0, 0.1) is 10.8 Å². The van der Waals surface area contributed by atoms with Gasteiger partial charge in [0.25, 0.3) is 0 Å². The molecule has 1 aliphatic rings. The smallest absolute Gasteiger partial charge is 0.319 e. The van der Waals surface area contributed by atoms with E-state index >= 15 is 0 Å². The SMILES string of the molecule is CC1(C)C[C@H](NC(=O)Nc2ccc(Cl)c(Cl)c2)C[C@@](C)(CNC(=O)Nc2ccc(Cl)c(Cl)c2)C1. The van der Waals surface area contributed by atoms with Crippen LogP contribution in [0.15, 0.2) is 36.4 Å². The first-order valence-corrected chi connectivity index (χ1v) is 12.4. The molecule has 2 aromatic rings. The van der Waals surface area contributed by atoms with Gasteiger partial charge in [-0.2, -0.15) is 0 Å². The van der Waals surface area contributed by atoms with Gasteiger partial charge in [-0.05, 0) is 66.5 Å². The Kier molecular flexibility index (Phi) is 8.51. The summed E-state index contributed by atoms with van der Waals surface area (Å²) in [5, 5.41) is 13.2. The molecule has 0 unspecified atom stereocenters. The maximum absolute atomic E-state index is 12.6. The second-order valence-corrected chi connectivity index (χ2v) is 11.5. The highest BCUT2D eigenvalue weighted by atomic mass is 35.5. The number of benzene rings is 2. The predicted octanol–water partition coefficient (Wildman–Crippen LogP) is 7.83. The summed E-state index contributed by atoms with van der Waals surface area (Å²) in [5.41, 5.74) is 0.888. The highest BCUT2D eigenvalue weighted by Gasteiger charge is 2.41. The number of halogens is 4. The van der Waals surface area contributed by atoms with Crippen molar-refractivity contribution in [2.24, 2.45) is 10.8 Å². The molecule has 2 aromatic carbocycles. The van der Waals surface area contributed by atoms with Gasteiger partial charge in [-0.3, -0.25) is 0 Å². The second kappa shape index (κ2) is 10.8. The number of nitrogens with one attached hydrogen (secondary N) is 4. The molecule has 0 aliphatic heterocycles. The molecule has 34 heavy (non-hydrogen) atoms. The van der Waals surface area contributed by atoms with Crippen LogP contribution in [0.2, 0.25) is 20.1 Å². The Morgan fingerprint density at radius 2 is 1.35 bits per heavy atom. The molecule has 0 saturated heterocycles. The van der Waals surface area contributed by atoms with Crippen molar-refractivity contribution >= 4 is 69.8 Å². The van der Waals surface area contributed by atoms with Crippen LogP contribution in [0.3, 0.4) is 0 Å². The lowest BCUT2D eigenvalue weighted by molar-refractivity contribution is 0.0761. The Morgan fingerprint density at radius 3 is 1.88 bits per heavy atom. The van der Waals surface area contributed by atoms with Gasteiger partial charge in [0.05, 0.1) is 20.1 Å². The van der Waals surface area contributed by atoms with E-state index in [1.54, 1.807) is 36.4 Å². The Balaban J connectivity index is 1.58. The monoisotopic (exact) mass is 544 g/mol. The zero-order valence-corrected chi connectivity index (χ0v) is 22.2. The van der Waals surface area contributed by atoms with E-state index in [2.05, 4.69) is 42.0 Å². The number of rotatable bonds is 5. The number of carbonyl (C=O) groups excluding carboxylic acids is 2. The summed E-state index contributed by atoms with van der Waals surface area (Å²) in [6.45, 7) is 6.92. The molecule has 1 fully saturated rings. The van der Waals surface area contributed by atoms with Crippen molar-refractivity contribution in [1.82, 2.24) is 10.6 Å². The van der Waals surface area contributed by atoms with Crippen LogP contribution in [0.5, 0.6) is 0 Å². The fraction of sp³-hybridized carbons (Fsp3) is 0.417. The first kappa shape index (κ1) is 26.7. The normalized spacial score (nSPS) is 21.4. The largest absolute Gasteiger partial charge is 0.337 e. The zero-order valence-electron chi connectivity index (χ0n) is 19.2. The quantitative estimate of drug-likeness (QED) is 0.308. The van der Waals surface area contributed by atoms with E-state index in [0.29, 0.717) is 38.0 Å². The second-order valence-electron chi connectivity index (χ2n) is 9.92. The Labute approximate surface area is 220 Å². The third-order valence-corrected chi connectivity index (χ3v) is 7.29. The highest BCUT2D eigenvalue weighted by Crippen LogP contribution is 2.45. The van der Waals surface area contributed by atoms with Gasteiger partial charge in [0.2, 0.25) is 0 Å². The molecule has 1 aliphatic carbocycles. The van der Waals surface area contributed by atoms with E-state index in [-0.39, 0.29) is 28.9 Å². The first-order valence-electron chi connectivity index (χ1n) is 10.9. The average Bonchev–Trinajstić information content (AvgIpc) is 2.70. The summed E-state index contributed by atoms with van der Waals surface area (Å²) in [4.78, 5) is 25.1. The van der Waals surface area contributed by atoms with E-state index in [4.69, 9.17) is 46.4 Å². The molecule has 0 radical (unpaired) electrons. The van der Waals surface area contributed by atoms with E-state index < -0.39 is 0 Å². The van der Waals surface area contributed by atoms with Crippen molar-refractivity contribution in [3.63, 3.8) is 0 Å². The maximum atomic E-state index is 12.6. The fourth-order valence-corrected chi connectivity index (χ4v) is 5.44. The van der Waals surface area contributed by atoms with E-state index in [9.17, 15) is 9.59 Å². The van der Waals surface area contributed by atoms with Gasteiger partial charge in [0.15, 0.2) is 0 Å². The molecule has 1 saturated carbocycles. The number of amides is 4. The molecule has 184 valence electrons. The van der Waals surface area contributed by atoms with Crippen LogP contribution in [0.4, 0.5) is 21.0 Å². The summed E-state index contributed by atoms with van der Waals surface area (Å²) >= 11 is 23.9. The number of urea groups is 2. The van der Waals surface area contributed by atoms with Crippen LogP contribution >= 0.6 is 46.4 Å². The van der Waals surface area contributed by atoms with Gasteiger partial charge in [-0.1, -0.05) is 67.2 Å². The number of anilines is 2. The molecule has 4 amide bonds. The third kappa shape index (κ3) is 7.57. The first-order chi connectivity index (χ1) is 15.8. The topological polar surface area (TPSA) is 82.3 Å².